The standard InChI is InChI=1S/C27H26N6O6/c1-4-5-9-15-21(22-17(36-2)11-8-12-18(22)37-3)24(34)23(26(35)29-15)27-32-31-20(38-27)14-19-30-25(33-39-19)16-10-6-7-13-28-16/h6-8,10-13H,4-5,9,14H2,1-3H3,(H2,29,34,35). The van der Waals surface area contributed by atoms with Gasteiger partial charge in [-0.2, -0.15) is 4.98 Å². The fourth-order valence-corrected chi connectivity index (χ4v) is 4.23. The van der Waals surface area contributed by atoms with Gasteiger partial charge in [-0.3, -0.25) is 9.78 Å². The Kier molecular flexibility index (Phi) is 7.34. The number of aryl methyl sites for hydroxylation is 1. The van der Waals surface area contributed by atoms with Gasteiger partial charge < -0.3 is 28.5 Å². The van der Waals surface area contributed by atoms with Gasteiger partial charge in [0.1, 0.15) is 34.9 Å². The molecule has 0 aliphatic carbocycles. The minimum atomic E-state index is -0.568. The first-order valence-electron chi connectivity index (χ1n) is 12.3. The van der Waals surface area contributed by atoms with E-state index < -0.39 is 5.56 Å². The molecular weight excluding hydrogens is 504 g/mol. The van der Waals surface area contributed by atoms with Crippen molar-refractivity contribution in [3.8, 4) is 51.3 Å². The minimum Gasteiger partial charge on any atom is -0.506 e. The molecule has 12 heteroatoms. The van der Waals surface area contributed by atoms with Gasteiger partial charge in [0.15, 0.2) is 0 Å². The molecule has 0 amide bonds. The summed E-state index contributed by atoms with van der Waals surface area (Å²) in [6.07, 6.45) is 3.84. The smallest absolute Gasteiger partial charge is 0.264 e. The van der Waals surface area contributed by atoms with Gasteiger partial charge in [-0.1, -0.05) is 30.6 Å². The van der Waals surface area contributed by atoms with E-state index in [9.17, 15) is 9.90 Å². The third-order valence-electron chi connectivity index (χ3n) is 6.07. The number of pyridine rings is 2. The van der Waals surface area contributed by atoms with Crippen LogP contribution in [0, 0.1) is 0 Å². The first-order valence-corrected chi connectivity index (χ1v) is 12.3. The van der Waals surface area contributed by atoms with Crippen LogP contribution >= 0.6 is 0 Å². The Morgan fingerprint density at radius 3 is 2.46 bits per heavy atom. The van der Waals surface area contributed by atoms with Crippen molar-refractivity contribution in [3.63, 3.8) is 0 Å². The number of aromatic nitrogens is 6. The molecule has 2 N–H and O–H groups in total. The van der Waals surface area contributed by atoms with Crippen LogP contribution in [-0.4, -0.2) is 49.6 Å². The molecule has 0 spiro atoms. The number of nitrogens with one attached hydrogen (secondary N) is 1. The van der Waals surface area contributed by atoms with Crippen molar-refractivity contribution in [2.75, 3.05) is 14.2 Å². The third kappa shape index (κ3) is 5.08. The van der Waals surface area contributed by atoms with E-state index in [1.165, 1.54) is 14.2 Å². The molecule has 1 aromatic carbocycles. The zero-order chi connectivity index (χ0) is 27.4. The molecule has 0 saturated heterocycles. The average molecular weight is 531 g/mol. The van der Waals surface area contributed by atoms with E-state index in [0.29, 0.717) is 46.3 Å². The lowest BCUT2D eigenvalue weighted by Crippen LogP contribution is -2.14. The van der Waals surface area contributed by atoms with E-state index in [-0.39, 0.29) is 35.4 Å². The van der Waals surface area contributed by atoms with E-state index in [0.717, 1.165) is 12.8 Å². The lowest BCUT2D eigenvalue weighted by atomic mass is 9.96. The normalized spacial score (nSPS) is 11.1. The van der Waals surface area contributed by atoms with Crippen molar-refractivity contribution in [1.29, 1.82) is 0 Å². The van der Waals surface area contributed by atoms with E-state index in [4.69, 9.17) is 18.4 Å². The summed E-state index contributed by atoms with van der Waals surface area (Å²) in [6.45, 7) is 2.04. The molecule has 0 aliphatic heterocycles. The number of methoxy groups -OCH3 is 2. The van der Waals surface area contributed by atoms with Gasteiger partial charge in [0.2, 0.25) is 17.6 Å². The molecule has 12 nitrogen and oxygen atoms in total. The summed E-state index contributed by atoms with van der Waals surface area (Å²) in [6, 6.07) is 10.6. The minimum absolute atomic E-state index is 0.0211. The first-order chi connectivity index (χ1) is 19.0. The van der Waals surface area contributed by atoms with Gasteiger partial charge in [-0.15, -0.1) is 10.2 Å². The SMILES string of the molecule is CCCCc1[nH]c(=O)c(-c2nnc(Cc3nc(-c4ccccn4)no3)o2)c(O)c1-c1c(OC)cccc1OC. The third-order valence-corrected chi connectivity index (χ3v) is 6.07. The van der Waals surface area contributed by atoms with Crippen LogP contribution in [0.2, 0.25) is 0 Å². The Balaban J connectivity index is 1.55. The molecule has 0 bridgehead atoms. The van der Waals surface area contributed by atoms with Crippen molar-refractivity contribution in [2.24, 2.45) is 0 Å². The number of hydrogen-bond acceptors (Lipinski definition) is 11. The van der Waals surface area contributed by atoms with Crippen molar-refractivity contribution in [3.05, 3.63) is 70.4 Å². The fourth-order valence-electron chi connectivity index (χ4n) is 4.23. The molecule has 0 radical (unpaired) electrons. The van der Waals surface area contributed by atoms with Gasteiger partial charge >= 0.3 is 0 Å². The molecule has 200 valence electrons. The van der Waals surface area contributed by atoms with E-state index in [2.05, 4.69) is 30.3 Å². The highest BCUT2D eigenvalue weighted by Crippen LogP contribution is 2.46. The molecule has 39 heavy (non-hydrogen) atoms. The van der Waals surface area contributed by atoms with Gasteiger partial charge in [0.25, 0.3) is 11.4 Å². The maximum atomic E-state index is 13.2. The number of benzene rings is 1. The molecule has 0 aliphatic rings. The van der Waals surface area contributed by atoms with Crippen LogP contribution in [0.1, 0.15) is 37.2 Å². The fraction of sp³-hybridized carbons (Fsp3) is 0.259. The van der Waals surface area contributed by atoms with Crippen LogP contribution < -0.4 is 15.0 Å². The molecule has 5 aromatic rings. The molecular formula is C27H26N6O6. The van der Waals surface area contributed by atoms with E-state index in [1.807, 2.05) is 13.0 Å². The van der Waals surface area contributed by atoms with E-state index in [1.54, 1.807) is 36.5 Å². The Morgan fingerprint density at radius 2 is 1.77 bits per heavy atom. The second kappa shape index (κ2) is 11.2. The Morgan fingerprint density at radius 1 is 0.974 bits per heavy atom. The average Bonchev–Trinajstić information content (AvgIpc) is 3.62. The summed E-state index contributed by atoms with van der Waals surface area (Å²) in [5.41, 5.74) is 1.22. The lowest BCUT2D eigenvalue weighted by Gasteiger charge is -2.18. The maximum Gasteiger partial charge on any atom is 0.264 e. The summed E-state index contributed by atoms with van der Waals surface area (Å²) in [5.74, 6) is 1.10. The molecule has 0 fully saturated rings. The molecule has 0 saturated carbocycles. The second-order valence-electron chi connectivity index (χ2n) is 8.58. The van der Waals surface area contributed by atoms with Crippen molar-refractivity contribution < 1.29 is 23.5 Å². The summed E-state index contributed by atoms with van der Waals surface area (Å²) in [7, 11) is 3.05. The maximum absolute atomic E-state index is 13.2. The highest BCUT2D eigenvalue weighted by atomic mass is 16.5. The van der Waals surface area contributed by atoms with Crippen molar-refractivity contribution in [1.82, 2.24) is 30.3 Å². The van der Waals surface area contributed by atoms with Crippen molar-refractivity contribution >= 4 is 0 Å². The second-order valence-corrected chi connectivity index (χ2v) is 8.58. The first kappa shape index (κ1) is 25.6. The Labute approximate surface area is 222 Å². The van der Waals surface area contributed by atoms with Gasteiger partial charge in [-0.25, -0.2) is 0 Å². The van der Waals surface area contributed by atoms with Gasteiger partial charge in [0.05, 0.1) is 25.3 Å². The van der Waals surface area contributed by atoms with Crippen LogP contribution in [0.15, 0.2) is 56.3 Å². The van der Waals surface area contributed by atoms with Gasteiger partial charge in [0, 0.05) is 11.9 Å². The Bertz CT molecular complexity index is 1620. The summed E-state index contributed by atoms with van der Waals surface area (Å²) in [4.78, 5) is 24.6. The molecule has 5 rings (SSSR count). The van der Waals surface area contributed by atoms with Crippen LogP contribution in [0.25, 0.3) is 34.1 Å². The van der Waals surface area contributed by atoms with Crippen LogP contribution in [0.3, 0.4) is 0 Å². The Hall–Kier alpha value is -5.00. The number of aromatic hydroxyl groups is 1. The predicted octanol–water partition coefficient (Wildman–Crippen LogP) is 4.19. The number of unbranched alkanes of at least 4 members (excludes halogenated alkanes) is 1. The zero-order valence-electron chi connectivity index (χ0n) is 21.6. The van der Waals surface area contributed by atoms with Crippen LogP contribution in [-0.2, 0) is 12.8 Å². The highest BCUT2D eigenvalue weighted by molar-refractivity contribution is 5.87. The predicted molar refractivity (Wildman–Crippen MR) is 140 cm³/mol. The zero-order valence-corrected chi connectivity index (χ0v) is 21.6. The summed E-state index contributed by atoms with van der Waals surface area (Å²) in [5, 5.41) is 23.5. The summed E-state index contributed by atoms with van der Waals surface area (Å²) < 4.78 is 22.2. The molecule has 4 heterocycles. The molecule has 0 atom stereocenters. The molecule has 0 unspecified atom stereocenters. The topological polar surface area (TPSA) is 162 Å². The van der Waals surface area contributed by atoms with E-state index >= 15 is 0 Å². The quantitative estimate of drug-likeness (QED) is 0.266. The summed E-state index contributed by atoms with van der Waals surface area (Å²) >= 11 is 0. The number of H-pyrrole nitrogens is 1. The number of rotatable bonds is 10. The number of aromatic amines is 1. The molecule has 4 aromatic heterocycles. The number of hydrogen-bond donors (Lipinski definition) is 2. The van der Waals surface area contributed by atoms with Gasteiger partial charge in [-0.05, 0) is 37.1 Å². The largest absolute Gasteiger partial charge is 0.506 e. The lowest BCUT2D eigenvalue weighted by molar-refractivity contribution is 0.373. The number of ether oxygens (including phenoxy) is 2. The highest BCUT2D eigenvalue weighted by Gasteiger charge is 2.27. The van der Waals surface area contributed by atoms with Crippen LogP contribution in [0.4, 0.5) is 0 Å². The monoisotopic (exact) mass is 530 g/mol. The van der Waals surface area contributed by atoms with Crippen LogP contribution in [0.5, 0.6) is 17.2 Å². The van der Waals surface area contributed by atoms with Crippen molar-refractivity contribution in [2.45, 2.75) is 32.6 Å². The number of nitrogens with zero attached hydrogens (tertiary/aromatic N) is 5.